The van der Waals surface area contributed by atoms with Gasteiger partial charge in [-0.15, -0.1) is 0 Å². The Morgan fingerprint density at radius 1 is 1.14 bits per heavy atom. The number of amides is 1. The van der Waals surface area contributed by atoms with E-state index in [0.29, 0.717) is 5.56 Å². The molecule has 0 spiro atoms. The van der Waals surface area contributed by atoms with Crippen LogP contribution in [0.2, 0.25) is 10.0 Å². The molecule has 0 aliphatic carbocycles. The molecule has 2 heterocycles. The third kappa shape index (κ3) is 3.41. The topological polar surface area (TPSA) is 86.0 Å². The normalized spacial score (nSPS) is 12.2. The number of hydrogen-bond donors (Lipinski definition) is 1. The number of carbonyl (C=O) groups excluding carboxylic acids is 1. The van der Waals surface area contributed by atoms with Gasteiger partial charge in [0.25, 0.3) is 11.5 Å². The van der Waals surface area contributed by atoms with Gasteiger partial charge in [0.05, 0.1) is 16.5 Å². The van der Waals surface area contributed by atoms with E-state index >= 15 is 0 Å². The van der Waals surface area contributed by atoms with Crippen LogP contribution in [-0.2, 0) is 14.1 Å². The van der Waals surface area contributed by atoms with Gasteiger partial charge < -0.3 is 5.32 Å². The van der Waals surface area contributed by atoms with Gasteiger partial charge in [-0.1, -0.05) is 23.2 Å². The SMILES string of the molecule is CC(NC(=O)c1ccc2c(=O)n(C)c(=O)n(C)c2n1)c1cc(F)c(Cl)cc1Cl. The second-order valence-electron chi connectivity index (χ2n) is 6.26. The van der Waals surface area contributed by atoms with Gasteiger partial charge in [0.1, 0.15) is 17.2 Å². The summed E-state index contributed by atoms with van der Waals surface area (Å²) in [6.45, 7) is 1.62. The zero-order valence-corrected chi connectivity index (χ0v) is 16.6. The lowest BCUT2D eigenvalue weighted by atomic mass is 10.1. The molecule has 0 saturated carbocycles. The number of pyridine rings is 1. The predicted molar refractivity (Wildman–Crippen MR) is 105 cm³/mol. The number of aromatic nitrogens is 3. The fraction of sp³-hybridized carbons (Fsp3) is 0.222. The maximum absolute atomic E-state index is 13.7. The summed E-state index contributed by atoms with van der Waals surface area (Å²) in [7, 11) is 2.82. The molecule has 0 aliphatic rings. The van der Waals surface area contributed by atoms with Crippen LogP contribution in [0.3, 0.4) is 0 Å². The quantitative estimate of drug-likeness (QED) is 0.654. The average Bonchev–Trinajstić information content (AvgIpc) is 2.66. The van der Waals surface area contributed by atoms with Gasteiger partial charge in [-0.3, -0.25) is 18.7 Å². The number of aryl methyl sites for hydroxylation is 1. The molecular formula is C18H15Cl2FN4O3. The van der Waals surface area contributed by atoms with Crippen LogP contribution in [0.25, 0.3) is 11.0 Å². The molecule has 1 amide bonds. The molecule has 1 N–H and O–H groups in total. The Morgan fingerprint density at radius 2 is 1.82 bits per heavy atom. The molecule has 0 radical (unpaired) electrons. The Bertz CT molecular complexity index is 1240. The summed E-state index contributed by atoms with van der Waals surface area (Å²) in [6, 6.07) is 4.57. The molecule has 146 valence electrons. The smallest absolute Gasteiger partial charge is 0.332 e. The first-order chi connectivity index (χ1) is 13.1. The Hall–Kier alpha value is -2.71. The van der Waals surface area contributed by atoms with E-state index in [1.165, 1.54) is 36.9 Å². The number of carbonyl (C=O) groups is 1. The van der Waals surface area contributed by atoms with Crippen molar-refractivity contribution in [2.45, 2.75) is 13.0 Å². The highest BCUT2D eigenvalue weighted by atomic mass is 35.5. The summed E-state index contributed by atoms with van der Waals surface area (Å²) in [4.78, 5) is 41.0. The summed E-state index contributed by atoms with van der Waals surface area (Å²) in [5.74, 6) is -1.23. The standard InChI is InChI=1S/C18H15Cl2FN4O3/c1-8(10-6-13(21)12(20)7-11(10)19)22-16(26)14-5-4-9-15(23-14)24(2)18(28)25(3)17(9)27/h4-8H,1-3H3,(H,22,26). The van der Waals surface area contributed by atoms with Gasteiger partial charge in [0, 0.05) is 19.1 Å². The van der Waals surface area contributed by atoms with E-state index in [1.54, 1.807) is 6.92 Å². The third-order valence-electron chi connectivity index (χ3n) is 4.39. The molecule has 3 aromatic rings. The number of halogens is 3. The van der Waals surface area contributed by atoms with E-state index in [1.807, 2.05) is 0 Å². The van der Waals surface area contributed by atoms with Crippen LogP contribution in [0.15, 0.2) is 33.9 Å². The predicted octanol–water partition coefficient (Wildman–Crippen LogP) is 2.57. The molecule has 1 atom stereocenters. The van der Waals surface area contributed by atoms with Crippen LogP contribution in [0.1, 0.15) is 29.0 Å². The summed E-state index contributed by atoms with van der Waals surface area (Å²) in [5, 5.41) is 2.95. The lowest BCUT2D eigenvalue weighted by Crippen LogP contribution is -2.37. The molecule has 1 unspecified atom stereocenters. The molecule has 7 nitrogen and oxygen atoms in total. The van der Waals surface area contributed by atoms with Crippen molar-refractivity contribution in [3.05, 3.63) is 72.2 Å². The lowest BCUT2D eigenvalue weighted by molar-refractivity contribution is 0.0935. The second kappa shape index (κ2) is 7.37. The molecule has 0 saturated heterocycles. The van der Waals surface area contributed by atoms with E-state index < -0.39 is 29.0 Å². The Balaban J connectivity index is 1.97. The van der Waals surface area contributed by atoms with Crippen LogP contribution < -0.4 is 16.6 Å². The fourth-order valence-electron chi connectivity index (χ4n) is 2.80. The molecule has 1 aromatic carbocycles. The highest BCUT2D eigenvalue weighted by Gasteiger charge is 2.18. The lowest BCUT2D eigenvalue weighted by Gasteiger charge is -2.16. The maximum atomic E-state index is 13.7. The number of fused-ring (bicyclic) bond motifs is 1. The molecular weight excluding hydrogens is 410 g/mol. The van der Waals surface area contributed by atoms with E-state index in [9.17, 15) is 18.8 Å². The van der Waals surface area contributed by atoms with Crippen LogP contribution in [0.4, 0.5) is 4.39 Å². The minimum Gasteiger partial charge on any atom is -0.344 e. The first kappa shape index (κ1) is 20.0. The Kier molecular flexibility index (Phi) is 5.27. The van der Waals surface area contributed by atoms with Crippen molar-refractivity contribution in [1.82, 2.24) is 19.4 Å². The largest absolute Gasteiger partial charge is 0.344 e. The highest BCUT2D eigenvalue weighted by molar-refractivity contribution is 6.35. The monoisotopic (exact) mass is 424 g/mol. The first-order valence-electron chi connectivity index (χ1n) is 8.14. The van der Waals surface area contributed by atoms with Crippen molar-refractivity contribution in [1.29, 1.82) is 0 Å². The Labute approximate surface area is 168 Å². The van der Waals surface area contributed by atoms with E-state index in [0.717, 1.165) is 10.6 Å². The minimum atomic E-state index is -0.656. The molecule has 0 fully saturated rings. The van der Waals surface area contributed by atoms with Crippen molar-refractivity contribution in [2.24, 2.45) is 14.1 Å². The summed E-state index contributed by atoms with van der Waals surface area (Å²) >= 11 is 11.8. The average molecular weight is 425 g/mol. The van der Waals surface area contributed by atoms with Crippen LogP contribution in [-0.4, -0.2) is 20.0 Å². The van der Waals surface area contributed by atoms with E-state index in [2.05, 4.69) is 10.3 Å². The van der Waals surface area contributed by atoms with Gasteiger partial charge in [0.15, 0.2) is 0 Å². The van der Waals surface area contributed by atoms with Crippen molar-refractivity contribution in [3.8, 4) is 0 Å². The summed E-state index contributed by atoms with van der Waals surface area (Å²) in [6.07, 6.45) is 0. The van der Waals surface area contributed by atoms with Gasteiger partial charge in [-0.05, 0) is 36.8 Å². The molecule has 0 bridgehead atoms. The molecule has 0 aliphatic heterocycles. The number of nitrogens with one attached hydrogen (secondary N) is 1. The zero-order chi connectivity index (χ0) is 20.7. The number of rotatable bonds is 3. The van der Waals surface area contributed by atoms with Crippen molar-refractivity contribution in [3.63, 3.8) is 0 Å². The van der Waals surface area contributed by atoms with Crippen LogP contribution >= 0.6 is 23.2 Å². The van der Waals surface area contributed by atoms with E-state index in [4.69, 9.17) is 23.2 Å². The Morgan fingerprint density at radius 3 is 2.50 bits per heavy atom. The number of hydrogen-bond acceptors (Lipinski definition) is 4. The van der Waals surface area contributed by atoms with Crippen LogP contribution in [0.5, 0.6) is 0 Å². The second-order valence-corrected chi connectivity index (χ2v) is 7.07. The molecule has 2 aromatic heterocycles. The maximum Gasteiger partial charge on any atom is 0.332 e. The van der Waals surface area contributed by atoms with Crippen molar-refractivity contribution in [2.75, 3.05) is 0 Å². The first-order valence-corrected chi connectivity index (χ1v) is 8.89. The molecule has 3 rings (SSSR count). The van der Waals surface area contributed by atoms with Crippen LogP contribution in [0, 0.1) is 5.82 Å². The van der Waals surface area contributed by atoms with Crippen molar-refractivity contribution >= 4 is 40.1 Å². The third-order valence-corrected chi connectivity index (χ3v) is 5.01. The van der Waals surface area contributed by atoms with Gasteiger partial charge in [0.2, 0.25) is 0 Å². The summed E-state index contributed by atoms with van der Waals surface area (Å²) < 4.78 is 15.9. The fourth-order valence-corrected chi connectivity index (χ4v) is 3.35. The summed E-state index contributed by atoms with van der Waals surface area (Å²) in [5.41, 5.74) is -0.634. The highest BCUT2D eigenvalue weighted by Crippen LogP contribution is 2.28. The number of nitrogens with zero attached hydrogens (tertiary/aromatic N) is 3. The molecule has 28 heavy (non-hydrogen) atoms. The van der Waals surface area contributed by atoms with Gasteiger partial charge in [-0.2, -0.15) is 0 Å². The number of benzene rings is 1. The van der Waals surface area contributed by atoms with Crippen molar-refractivity contribution < 1.29 is 9.18 Å². The molecule has 10 heteroatoms. The zero-order valence-electron chi connectivity index (χ0n) is 15.1. The van der Waals surface area contributed by atoms with Gasteiger partial charge in [-0.25, -0.2) is 14.2 Å². The minimum absolute atomic E-state index is 0.00633. The van der Waals surface area contributed by atoms with E-state index in [-0.39, 0.29) is 26.8 Å². The van der Waals surface area contributed by atoms with Gasteiger partial charge >= 0.3 is 5.69 Å².